The number of aromatic nitrogens is 1. The summed E-state index contributed by atoms with van der Waals surface area (Å²) in [6.45, 7) is 13.3. The van der Waals surface area contributed by atoms with Gasteiger partial charge in [0.1, 0.15) is 0 Å². The van der Waals surface area contributed by atoms with Crippen LogP contribution in [0.15, 0.2) is 5.38 Å². The zero-order chi connectivity index (χ0) is 12.2. The molecule has 0 fully saturated rings. The van der Waals surface area contributed by atoms with Crippen LogP contribution in [-0.2, 0) is 6.42 Å². The molecule has 92 valence electrons. The summed E-state index contributed by atoms with van der Waals surface area (Å²) in [4.78, 5) is 4.58. The summed E-state index contributed by atoms with van der Waals surface area (Å²) in [7, 11) is 0. The fourth-order valence-electron chi connectivity index (χ4n) is 1.71. The molecule has 0 spiro atoms. The molecular formula is C13H24N2S. The van der Waals surface area contributed by atoms with Crippen molar-refractivity contribution in [3.05, 3.63) is 16.1 Å². The lowest BCUT2D eigenvalue weighted by atomic mass is 9.76. The third-order valence-corrected chi connectivity index (χ3v) is 4.36. The summed E-state index contributed by atoms with van der Waals surface area (Å²) in [5.41, 5.74) is 1.45. The first-order valence-corrected chi connectivity index (χ1v) is 6.97. The lowest BCUT2D eigenvalue weighted by Gasteiger charge is -2.33. The number of hydrogen-bond acceptors (Lipinski definition) is 3. The fourth-order valence-corrected chi connectivity index (χ4v) is 2.68. The average molecular weight is 240 g/mol. The van der Waals surface area contributed by atoms with Gasteiger partial charge < -0.3 is 5.32 Å². The third-order valence-electron chi connectivity index (χ3n) is 3.39. The lowest BCUT2D eigenvalue weighted by molar-refractivity contribution is 0.208. The monoisotopic (exact) mass is 240 g/mol. The topological polar surface area (TPSA) is 24.9 Å². The molecule has 1 heterocycles. The highest BCUT2D eigenvalue weighted by Crippen LogP contribution is 2.31. The highest BCUT2D eigenvalue weighted by atomic mass is 32.1. The van der Waals surface area contributed by atoms with Crippen molar-refractivity contribution >= 4 is 11.3 Å². The lowest BCUT2D eigenvalue weighted by Crippen LogP contribution is -2.37. The minimum Gasteiger partial charge on any atom is -0.316 e. The zero-order valence-electron chi connectivity index (χ0n) is 11.1. The molecular weight excluding hydrogens is 216 g/mol. The van der Waals surface area contributed by atoms with Crippen LogP contribution in [-0.4, -0.2) is 18.1 Å². The molecule has 16 heavy (non-hydrogen) atoms. The first kappa shape index (κ1) is 13.7. The van der Waals surface area contributed by atoms with Crippen molar-refractivity contribution in [2.24, 2.45) is 11.3 Å². The Hall–Kier alpha value is -0.410. The predicted molar refractivity (Wildman–Crippen MR) is 72.0 cm³/mol. The first-order chi connectivity index (χ1) is 7.48. The quantitative estimate of drug-likeness (QED) is 0.825. The van der Waals surface area contributed by atoms with E-state index in [1.807, 2.05) is 0 Å². The number of thiazole rings is 1. The Morgan fingerprint density at radius 1 is 1.50 bits per heavy atom. The number of rotatable bonds is 6. The number of hydrogen-bond donors (Lipinski definition) is 1. The standard InChI is InChI=1S/C13H24N2S/c1-6-14-9-13(5,10(2)3)7-12-15-11(4)8-16-12/h8,10,14H,6-7,9H2,1-5H3. The van der Waals surface area contributed by atoms with Gasteiger partial charge in [-0.1, -0.05) is 27.7 Å². The van der Waals surface area contributed by atoms with E-state index in [4.69, 9.17) is 0 Å². The Morgan fingerprint density at radius 3 is 2.62 bits per heavy atom. The molecule has 1 atom stereocenters. The van der Waals surface area contributed by atoms with Gasteiger partial charge in [-0.2, -0.15) is 0 Å². The van der Waals surface area contributed by atoms with Crippen LogP contribution >= 0.6 is 11.3 Å². The second-order valence-corrected chi connectivity index (χ2v) is 6.09. The third kappa shape index (κ3) is 3.56. The number of aryl methyl sites for hydroxylation is 1. The van der Waals surface area contributed by atoms with E-state index in [2.05, 4.69) is 50.3 Å². The van der Waals surface area contributed by atoms with Crippen molar-refractivity contribution in [1.82, 2.24) is 10.3 Å². The van der Waals surface area contributed by atoms with Crippen LogP contribution in [0, 0.1) is 18.3 Å². The number of nitrogens with one attached hydrogen (secondary N) is 1. The van der Waals surface area contributed by atoms with Gasteiger partial charge in [0.05, 0.1) is 5.01 Å². The van der Waals surface area contributed by atoms with E-state index in [9.17, 15) is 0 Å². The van der Waals surface area contributed by atoms with Crippen LogP contribution in [0.25, 0.3) is 0 Å². The van der Waals surface area contributed by atoms with Crippen LogP contribution in [0.5, 0.6) is 0 Å². The average Bonchev–Trinajstić information content (AvgIpc) is 2.60. The van der Waals surface area contributed by atoms with Gasteiger partial charge in [0.15, 0.2) is 0 Å². The molecule has 0 aromatic carbocycles. The molecule has 2 nitrogen and oxygen atoms in total. The highest BCUT2D eigenvalue weighted by Gasteiger charge is 2.29. The smallest absolute Gasteiger partial charge is 0.0934 e. The van der Waals surface area contributed by atoms with Crippen molar-refractivity contribution in [3.8, 4) is 0 Å². The van der Waals surface area contributed by atoms with Gasteiger partial charge in [-0.25, -0.2) is 4.98 Å². The Labute approximate surface area is 103 Å². The van der Waals surface area contributed by atoms with E-state index in [-0.39, 0.29) is 0 Å². The van der Waals surface area contributed by atoms with Crippen LogP contribution in [0.3, 0.4) is 0 Å². The minimum atomic E-state index is 0.306. The van der Waals surface area contributed by atoms with E-state index in [0.29, 0.717) is 11.3 Å². The predicted octanol–water partition coefficient (Wildman–Crippen LogP) is 3.27. The Morgan fingerprint density at radius 2 is 2.19 bits per heavy atom. The summed E-state index contributed by atoms with van der Waals surface area (Å²) in [5.74, 6) is 0.663. The summed E-state index contributed by atoms with van der Waals surface area (Å²) < 4.78 is 0. The van der Waals surface area contributed by atoms with Gasteiger partial charge in [0.2, 0.25) is 0 Å². The van der Waals surface area contributed by atoms with Gasteiger partial charge >= 0.3 is 0 Å². The molecule has 0 aliphatic heterocycles. The van der Waals surface area contributed by atoms with Gasteiger partial charge in [-0.15, -0.1) is 11.3 Å². The largest absolute Gasteiger partial charge is 0.316 e. The Kier molecular flexibility index (Phi) is 4.93. The first-order valence-electron chi connectivity index (χ1n) is 6.09. The van der Waals surface area contributed by atoms with Crippen LogP contribution in [0.4, 0.5) is 0 Å². The Bertz CT molecular complexity index is 319. The normalized spacial score (nSPS) is 15.4. The van der Waals surface area contributed by atoms with Crippen molar-refractivity contribution in [2.75, 3.05) is 13.1 Å². The van der Waals surface area contributed by atoms with Gasteiger partial charge in [-0.05, 0) is 24.8 Å². The summed E-state index contributed by atoms with van der Waals surface area (Å²) in [6, 6.07) is 0. The zero-order valence-corrected chi connectivity index (χ0v) is 11.9. The fraction of sp³-hybridized carbons (Fsp3) is 0.769. The van der Waals surface area contributed by atoms with E-state index in [0.717, 1.165) is 25.2 Å². The van der Waals surface area contributed by atoms with Crippen LogP contribution in [0.2, 0.25) is 0 Å². The molecule has 0 amide bonds. The minimum absolute atomic E-state index is 0.306. The van der Waals surface area contributed by atoms with E-state index >= 15 is 0 Å². The maximum atomic E-state index is 4.58. The second-order valence-electron chi connectivity index (χ2n) is 5.15. The molecule has 0 aliphatic carbocycles. The molecule has 1 aromatic rings. The van der Waals surface area contributed by atoms with Gasteiger partial charge in [0.25, 0.3) is 0 Å². The van der Waals surface area contributed by atoms with E-state index in [1.165, 1.54) is 5.01 Å². The SMILES string of the molecule is CCNCC(C)(Cc1nc(C)cs1)C(C)C. The molecule has 0 radical (unpaired) electrons. The van der Waals surface area contributed by atoms with Gasteiger partial charge in [0, 0.05) is 24.0 Å². The molecule has 1 unspecified atom stereocenters. The molecule has 0 saturated heterocycles. The van der Waals surface area contributed by atoms with Gasteiger partial charge in [-0.3, -0.25) is 0 Å². The van der Waals surface area contributed by atoms with Crippen LogP contribution < -0.4 is 5.32 Å². The number of nitrogens with zero attached hydrogens (tertiary/aromatic N) is 1. The van der Waals surface area contributed by atoms with Crippen molar-refractivity contribution in [2.45, 2.75) is 41.0 Å². The summed E-state index contributed by atoms with van der Waals surface area (Å²) in [6.07, 6.45) is 1.08. The second kappa shape index (κ2) is 5.78. The summed E-state index contributed by atoms with van der Waals surface area (Å²) in [5, 5.41) is 6.89. The molecule has 1 aromatic heterocycles. The van der Waals surface area contributed by atoms with E-state index < -0.39 is 0 Å². The molecule has 1 N–H and O–H groups in total. The van der Waals surface area contributed by atoms with Crippen molar-refractivity contribution < 1.29 is 0 Å². The highest BCUT2D eigenvalue weighted by molar-refractivity contribution is 7.09. The van der Waals surface area contributed by atoms with Crippen LogP contribution in [0.1, 0.15) is 38.4 Å². The van der Waals surface area contributed by atoms with Crippen molar-refractivity contribution in [3.63, 3.8) is 0 Å². The molecule has 0 bridgehead atoms. The van der Waals surface area contributed by atoms with Crippen molar-refractivity contribution in [1.29, 1.82) is 0 Å². The maximum Gasteiger partial charge on any atom is 0.0934 e. The molecule has 0 saturated carbocycles. The maximum absolute atomic E-state index is 4.58. The molecule has 3 heteroatoms. The van der Waals surface area contributed by atoms with E-state index in [1.54, 1.807) is 11.3 Å². The molecule has 1 rings (SSSR count). The Balaban J connectivity index is 2.70. The summed E-state index contributed by atoms with van der Waals surface area (Å²) >= 11 is 1.79. The molecule has 0 aliphatic rings.